The summed E-state index contributed by atoms with van der Waals surface area (Å²) in [6.45, 7) is 0. The van der Waals surface area contributed by atoms with E-state index in [4.69, 9.17) is 10.5 Å². The van der Waals surface area contributed by atoms with Gasteiger partial charge in [-0.1, -0.05) is 0 Å². The Balaban J connectivity index is 2.07. The predicted octanol–water partition coefficient (Wildman–Crippen LogP) is 2.63. The Bertz CT molecular complexity index is 377. The molecule has 0 amide bonds. The van der Waals surface area contributed by atoms with Crippen LogP contribution in [0.25, 0.3) is 0 Å². The van der Waals surface area contributed by atoms with Crippen LogP contribution in [0.3, 0.4) is 0 Å². The van der Waals surface area contributed by atoms with Gasteiger partial charge in [0.25, 0.3) is 6.43 Å². The summed E-state index contributed by atoms with van der Waals surface area (Å²) in [5.41, 5.74) is 4.94. The third-order valence-corrected chi connectivity index (χ3v) is 2.64. The van der Waals surface area contributed by atoms with Crippen LogP contribution in [0.2, 0.25) is 0 Å². The van der Waals surface area contributed by atoms with Crippen molar-refractivity contribution >= 4 is 0 Å². The summed E-state index contributed by atoms with van der Waals surface area (Å²) in [7, 11) is 0. The lowest BCUT2D eigenvalue weighted by Gasteiger charge is -2.32. The van der Waals surface area contributed by atoms with Crippen LogP contribution < -0.4 is 10.5 Å². The van der Waals surface area contributed by atoms with Gasteiger partial charge in [-0.15, -0.1) is 0 Å². The molecular formula is C11H12F3NO. The number of alkyl halides is 2. The number of hydrogen-bond acceptors (Lipinski definition) is 2. The molecule has 1 aliphatic rings. The van der Waals surface area contributed by atoms with E-state index in [2.05, 4.69) is 0 Å². The van der Waals surface area contributed by atoms with Crippen molar-refractivity contribution in [2.24, 2.45) is 5.73 Å². The molecule has 0 unspecified atom stereocenters. The molecule has 2 rings (SSSR count). The average molecular weight is 231 g/mol. The quantitative estimate of drug-likeness (QED) is 0.867. The first-order valence-corrected chi connectivity index (χ1v) is 5.06. The zero-order valence-corrected chi connectivity index (χ0v) is 8.50. The largest absolute Gasteiger partial charge is 0.490 e. The van der Waals surface area contributed by atoms with Crippen LogP contribution in [-0.2, 0) is 0 Å². The molecule has 2 N–H and O–H groups in total. The SMILES string of the molecule is NC1CC(Oc2ccc(F)c(C(F)F)c2)C1. The van der Waals surface area contributed by atoms with Gasteiger partial charge < -0.3 is 10.5 Å². The summed E-state index contributed by atoms with van der Waals surface area (Å²) in [5.74, 6) is -0.638. The highest BCUT2D eigenvalue weighted by Crippen LogP contribution is 2.29. The molecule has 5 heteroatoms. The first-order valence-electron chi connectivity index (χ1n) is 5.06. The number of benzene rings is 1. The van der Waals surface area contributed by atoms with Crippen molar-refractivity contribution < 1.29 is 17.9 Å². The van der Waals surface area contributed by atoms with E-state index in [1.807, 2.05) is 0 Å². The van der Waals surface area contributed by atoms with E-state index >= 15 is 0 Å². The number of ether oxygens (including phenoxy) is 1. The van der Waals surface area contributed by atoms with E-state index in [0.717, 1.165) is 12.1 Å². The maximum atomic E-state index is 13.0. The molecule has 0 heterocycles. The molecule has 1 fully saturated rings. The Hall–Kier alpha value is -1.23. The zero-order valence-electron chi connectivity index (χ0n) is 8.50. The minimum atomic E-state index is -2.83. The van der Waals surface area contributed by atoms with Crippen LogP contribution in [0, 0.1) is 5.82 Å². The fraction of sp³-hybridized carbons (Fsp3) is 0.455. The second-order valence-corrected chi connectivity index (χ2v) is 3.96. The molecule has 0 aliphatic heterocycles. The van der Waals surface area contributed by atoms with Gasteiger partial charge in [0.2, 0.25) is 0 Å². The average Bonchev–Trinajstić information content (AvgIpc) is 2.18. The van der Waals surface area contributed by atoms with Gasteiger partial charge in [0, 0.05) is 6.04 Å². The third kappa shape index (κ3) is 2.29. The van der Waals surface area contributed by atoms with Crippen LogP contribution in [0.15, 0.2) is 18.2 Å². The van der Waals surface area contributed by atoms with E-state index in [0.29, 0.717) is 12.8 Å². The molecule has 0 atom stereocenters. The lowest BCUT2D eigenvalue weighted by atomic mass is 9.90. The summed E-state index contributed by atoms with van der Waals surface area (Å²) in [5, 5.41) is 0. The Morgan fingerprint density at radius 3 is 2.56 bits per heavy atom. The van der Waals surface area contributed by atoms with Crippen molar-refractivity contribution in [3.63, 3.8) is 0 Å². The topological polar surface area (TPSA) is 35.2 Å². The van der Waals surface area contributed by atoms with Crippen molar-refractivity contribution in [1.29, 1.82) is 0 Å². The summed E-state index contributed by atoms with van der Waals surface area (Å²) < 4.78 is 43.1. The second-order valence-electron chi connectivity index (χ2n) is 3.96. The minimum Gasteiger partial charge on any atom is -0.490 e. The maximum Gasteiger partial charge on any atom is 0.266 e. The third-order valence-electron chi connectivity index (χ3n) is 2.64. The first-order chi connectivity index (χ1) is 7.56. The van der Waals surface area contributed by atoms with Crippen LogP contribution >= 0.6 is 0 Å². The summed E-state index contributed by atoms with van der Waals surface area (Å²) in [4.78, 5) is 0. The lowest BCUT2D eigenvalue weighted by Crippen LogP contribution is -2.43. The van der Waals surface area contributed by atoms with E-state index < -0.39 is 17.8 Å². The molecule has 0 bridgehead atoms. The molecule has 88 valence electrons. The Morgan fingerprint density at radius 1 is 1.31 bits per heavy atom. The normalized spacial score (nSPS) is 24.3. The molecule has 1 aromatic carbocycles. The lowest BCUT2D eigenvalue weighted by molar-refractivity contribution is 0.0992. The Labute approximate surface area is 91.2 Å². The highest BCUT2D eigenvalue weighted by atomic mass is 19.3. The zero-order chi connectivity index (χ0) is 11.7. The molecule has 16 heavy (non-hydrogen) atoms. The maximum absolute atomic E-state index is 13.0. The van der Waals surface area contributed by atoms with Gasteiger partial charge in [-0.25, -0.2) is 13.2 Å². The summed E-state index contributed by atoms with van der Waals surface area (Å²) >= 11 is 0. The van der Waals surface area contributed by atoms with Crippen molar-refractivity contribution in [3.8, 4) is 5.75 Å². The molecule has 0 saturated heterocycles. The molecule has 1 aliphatic carbocycles. The van der Waals surface area contributed by atoms with Crippen LogP contribution in [0.5, 0.6) is 5.75 Å². The molecule has 1 saturated carbocycles. The number of hydrogen-bond donors (Lipinski definition) is 1. The van der Waals surface area contributed by atoms with E-state index in [1.54, 1.807) is 0 Å². The van der Waals surface area contributed by atoms with Crippen LogP contribution in [0.4, 0.5) is 13.2 Å². The van der Waals surface area contributed by atoms with Crippen molar-refractivity contribution in [2.45, 2.75) is 31.4 Å². The molecule has 0 aromatic heterocycles. The summed E-state index contributed by atoms with van der Waals surface area (Å²) in [6, 6.07) is 3.52. The standard InChI is InChI=1S/C11H12F3NO/c12-10-2-1-7(5-9(10)11(13)14)16-8-3-6(15)4-8/h1-2,5-6,8,11H,3-4,15H2. The monoisotopic (exact) mass is 231 g/mol. The fourth-order valence-corrected chi connectivity index (χ4v) is 1.66. The van der Waals surface area contributed by atoms with Gasteiger partial charge in [-0.05, 0) is 31.0 Å². The first kappa shape index (κ1) is 11.3. The van der Waals surface area contributed by atoms with Crippen molar-refractivity contribution in [3.05, 3.63) is 29.6 Å². The number of nitrogens with two attached hydrogens (primary N) is 1. The Morgan fingerprint density at radius 2 is 2.00 bits per heavy atom. The number of rotatable bonds is 3. The smallest absolute Gasteiger partial charge is 0.266 e. The number of halogens is 3. The molecule has 0 spiro atoms. The van der Waals surface area contributed by atoms with Gasteiger partial charge in [-0.2, -0.15) is 0 Å². The van der Waals surface area contributed by atoms with E-state index in [-0.39, 0.29) is 17.9 Å². The van der Waals surface area contributed by atoms with Gasteiger partial charge in [0.1, 0.15) is 17.7 Å². The van der Waals surface area contributed by atoms with Gasteiger partial charge in [-0.3, -0.25) is 0 Å². The fourth-order valence-electron chi connectivity index (χ4n) is 1.66. The van der Waals surface area contributed by atoms with Crippen molar-refractivity contribution in [1.82, 2.24) is 0 Å². The molecule has 0 radical (unpaired) electrons. The molecular weight excluding hydrogens is 219 g/mol. The molecule has 2 nitrogen and oxygen atoms in total. The van der Waals surface area contributed by atoms with E-state index in [1.165, 1.54) is 6.07 Å². The highest BCUT2D eigenvalue weighted by molar-refractivity contribution is 5.31. The summed E-state index contributed by atoms with van der Waals surface area (Å²) in [6.07, 6.45) is -1.44. The van der Waals surface area contributed by atoms with Gasteiger partial charge in [0.05, 0.1) is 5.56 Å². The molecule has 1 aromatic rings. The van der Waals surface area contributed by atoms with Gasteiger partial charge >= 0.3 is 0 Å². The van der Waals surface area contributed by atoms with Crippen LogP contribution in [-0.4, -0.2) is 12.1 Å². The predicted molar refractivity (Wildman–Crippen MR) is 53.0 cm³/mol. The van der Waals surface area contributed by atoms with Crippen molar-refractivity contribution in [2.75, 3.05) is 0 Å². The second kappa shape index (κ2) is 4.33. The van der Waals surface area contributed by atoms with E-state index in [9.17, 15) is 13.2 Å². The van der Waals surface area contributed by atoms with Crippen LogP contribution in [0.1, 0.15) is 24.8 Å². The Kier molecular flexibility index (Phi) is 3.05. The minimum absolute atomic E-state index is 0.0361. The highest BCUT2D eigenvalue weighted by Gasteiger charge is 2.28. The van der Waals surface area contributed by atoms with Gasteiger partial charge in [0.15, 0.2) is 0 Å².